The van der Waals surface area contributed by atoms with E-state index in [1.165, 1.54) is 7.11 Å². The van der Waals surface area contributed by atoms with Crippen molar-refractivity contribution in [2.75, 3.05) is 20.3 Å². The third kappa shape index (κ3) is 4.53. The van der Waals surface area contributed by atoms with Crippen molar-refractivity contribution >= 4 is 11.8 Å². The molecule has 0 unspecified atom stereocenters. The highest BCUT2D eigenvalue weighted by atomic mass is 16.5. The van der Waals surface area contributed by atoms with Gasteiger partial charge >= 0.3 is 5.97 Å². The van der Waals surface area contributed by atoms with Crippen LogP contribution in [-0.2, 0) is 16.0 Å². The van der Waals surface area contributed by atoms with E-state index in [1.807, 2.05) is 36.4 Å². The van der Waals surface area contributed by atoms with Crippen LogP contribution >= 0.6 is 0 Å². The van der Waals surface area contributed by atoms with E-state index in [2.05, 4.69) is 11.7 Å². The lowest BCUT2D eigenvalue weighted by atomic mass is 9.98. The summed E-state index contributed by atoms with van der Waals surface area (Å²) in [4.78, 5) is 23.5. The molecule has 148 valence electrons. The average molecular weight is 382 g/mol. The third-order valence-electron chi connectivity index (χ3n) is 4.78. The number of fused-ring (bicyclic) bond motifs is 1. The number of ether oxygens (including phenoxy) is 3. The van der Waals surface area contributed by atoms with E-state index in [9.17, 15) is 9.59 Å². The van der Waals surface area contributed by atoms with Crippen LogP contribution in [-0.4, -0.2) is 32.1 Å². The predicted molar refractivity (Wildman–Crippen MR) is 107 cm³/mol. The Kier molecular flexibility index (Phi) is 6.69. The van der Waals surface area contributed by atoms with Crippen LogP contribution in [0.15, 0.2) is 36.4 Å². The summed E-state index contributed by atoms with van der Waals surface area (Å²) < 4.78 is 16.6. The van der Waals surface area contributed by atoms with E-state index in [0.717, 1.165) is 40.8 Å². The molecule has 0 fully saturated rings. The smallest absolute Gasteiger partial charge is 0.305 e. The maximum Gasteiger partial charge on any atom is 0.305 e. The van der Waals surface area contributed by atoms with Crippen molar-refractivity contribution in [1.29, 1.82) is 0 Å². The summed E-state index contributed by atoms with van der Waals surface area (Å²) in [6.07, 6.45) is 3.05. The van der Waals surface area contributed by atoms with E-state index in [4.69, 9.17) is 9.47 Å². The number of carbonyl (C=O) groups is 2. The summed E-state index contributed by atoms with van der Waals surface area (Å²) in [5, 5.41) is 0. The molecule has 3 rings (SSSR count). The van der Waals surface area contributed by atoms with E-state index in [1.54, 1.807) is 0 Å². The van der Waals surface area contributed by atoms with Crippen LogP contribution in [0.2, 0.25) is 0 Å². The molecule has 0 aromatic heterocycles. The molecule has 0 spiro atoms. The first-order valence-electron chi connectivity index (χ1n) is 9.76. The molecule has 0 radical (unpaired) electrons. The first-order chi connectivity index (χ1) is 13.6. The molecule has 0 heterocycles. The van der Waals surface area contributed by atoms with E-state index in [0.29, 0.717) is 38.2 Å². The normalized spacial score (nSPS) is 12.6. The zero-order valence-corrected chi connectivity index (χ0v) is 16.5. The summed E-state index contributed by atoms with van der Waals surface area (Å²) in [5.41, 5.74) is 3.64. The van der Waals surface area contributed by atoms with Gasteiger partial charge in [0.2, 0.25) is 0 Å². The highest BCUT2D eigenvalue weighted by molar-refractivity contribution is 6.02. The number of Topliss-reactive ketones (excluding diaryl/α,β-unsaturated/α-hetero) is 1. The summed E-state index contributed by atoms with van der Waals surface area (Å²) in [7, 11) is 1.38. The first kappa shape index (κ1) is 19.9. The molecule has 1 aliphatic rings. The molecule has 0 saturated carbocycles. The number of methoxy groups -OCH3 is 1. The van der Waals surface area contributed by atoms with Gasteiger partial charge < -0.3 is 14.2 Å². The number of para-hydroxylation sites is 1. The van der Waals surface area contributed by atoms with Crippen LogP contribution in [0, 0.1) is 0 Å². The van der Waals surface area contributed by atoms with Gasteiger partial charge in [-0.1, -0.05) is 25.1 Å². The summed E-state index contributed by atoms with van der Waals surface area (Å²) in [5.74, 6) is 1.34. The Morgan fingerprint density at radius 3 is 2.54 bits per heavy atom. The van der Waals surface area contributed by atoms with E-state index < -0.39 is 0 Å². The minimum atomic E-state index is -0.258. The number of rotatable bonds is 9. The molecule has 0 aliphatic heterocycles. The van der Waals surface area contributed by atoms with Gasteiger partial charge in [-0.05, 0) is 43.0 Å². The molecule has 28 heavy (non-hydrogen) atoms. The number of benzene rings is 2. The predicted octanol–water partition coefficient (Wildman–Crippen LogP) is 4.60. The standard InChI is InChI=1S/C23H26O5/c1-3-12-27-21-8-5-4-7-17(21)19-14-16-10-11-20(24)18(16)15-22(19)28-13-6-9-23(25)26-2/h4-5,7-8,14-15H,3,6,9-13H2,1-2H3. The molecule has 0 atom stereocenters. The number of carbonyl (C=O) groups excluding carboxylic acids is 2. The zero-order valence-electron chi connectivity index (χ0n) is 16.5. The second kappa shape index (κ2) is 9.40. The Morgan fingerprint density at radius 2 is 1.75 bits per heavy atom. The minimum absolute atomic E-state index is 0.150. The maximum atomic E-state index is 12.2. The minimum Gasteiger partial charge on any atom is -0.493 e. The summed E-state index contributed by atoms with van der Waals surface area (Å²) in [6.45, 7) is 3.07. The van der Waals surface area contributed by atoms with Crippen LogP contribution in [0.5, 0.6) is 11.5 Å². The van der Waals surface area contributed by atoms with Crippen molar-refractivity contribution < 1.29 is 23.8 Å². The molecule has 0 saturated heterocycles. The zero-order chi connectivity index (χ0) is 19.9. The third-order valence-corrected chi connectivity index (χ3v) is 4.78. The van der Waals surface area contributed by atoms with Gasteiger partial charge in [0.1, 0.15) is 11.5 Å². The number of hydrogen-bond acceptors (Lipinski definition) is 5. The van der Waals surface area contributed by atoms with E-state index >= 15 is 0 Å². The molecule has 0 bridgehead atoms. The Labute approximate surface area is 165 Å². The van der Waals surface area contributed by atoms with Gasteiger partial charge in [0.25, 0.3) is 0 Å². The van der Waals surface area contributed by atoms with Crippen LogP contribution in [0.3, 0.4) is 0 Å². The first-order valence-corrected chi connectivity index (χ1v) is 9.76. The number of aryl methyl sites for hydroxylation is 1. The van der Waals surface area contributed by atoms with Crippen LogP contribution in [0.4, 0.5) is 0 Å². The van der Waals surface area contributed by atoms with Crippen molar-refractivity contribution in [2.24, 2.45) is 0 Å². The van der Waals surface area contributed by atoms with Gasteiger partial charge in [0.05, 0.1) is 20.3 Å². The van der Waals surface area contributed by atoms with Crippen molar-refractivity contribution in [3.63, 3.8) is 0 Å². The fraction of sp³-hybridized carbons (Fsp3) is 0.391. The van der Waals surface area contributed by atoms with Crippen molar-refractivity contribution in [2.45, 2.75) is 39.0 Å². The molecular weight excluding hydrogens is 356 g/mol. The quantitative estimate of drug-likeness (QED) is 0.468. The average Bonchev–Trinajstić information content (AvgIpc) is 3.09. The monoisotopic (exact) mass is 382 g/mol. The second-order valence-corrected chi connectivity index (χ2v) is 6.80. The van der Waals surface area contributed by atoms with Gasteiger partial charge in [-0.15, -0.1) is 0 Å². The number of esters is 1. The Hall–Kier alpha value is -2.82. The molecule has 1 aliphatic carbocycles. The van der Waals surface area contributed by atoms with Crippen molar-refractivity contribution in [1.82, 2.24) is 0 Å². The van der Waals surface area contributed by atoms with Crippen LogP contribution in [0.1, 0.15) is 48.5 Å². The fourth-order valence-corrected chi connectivity index (χ4v) is 3.33. The lowest BCUT2D eigenvalue weighted by molar-refractivity contribution is -0.140. The Morgan fingerprint density at radius 1 is 0.964 bits per heavy atom. The lowest BCUT2D eigenvalue weighted by Gasteiger charge is -2.17. The number of ketones is 1. The highest BCUT2D eigenvalue weighted by Crippen LogP contribution is 2.40. The summed E-state index contributed by atoms with van der Waals surface area (Å²) >= 11 is 0. The van der Waals surface area contributed by atoms with Gasteiger partial charge in [0, 0.05) is 29.5 Å². The topological polar surface area (TPSA) is 61.8 Å². The number of hydrogen-bond donors (Lipinski definition) is 0. The SMILES string of the molecule is CCCOc1ccccc1-c1cc2c(cc1OCCCC(=O)OC)C(=O)CC2. The molecule has 0 N–H and O–H groups in total. The molecule has 5 heteroatoms. The molecule has 2 aromatic rings. The van der Waals surface area contributed by atoms with Gasteiger partial charge in [-0.25, -0.2) is 0 Å². The largest absolute Gasteiger partial charge is 0.493 e. The van der Waals surface area contributed by atoms with Crippen LogP contribution < -0.4 is 9.47 Å². The van der Waals surface area contributed by atoms with Crippen LogP contribution in [0.25, 0.3) is 11.1 Å². The molecule has 0 amide bonds. The Bertz CT molecular complexity index is 856. The molecular formula is C23H26O5. The van der Waals surface area contributed by atoms with Crippen molar-refractivity contribution in [3.05, 3.63) is 47.5 Å². The molecule has 5 nitrogen and oxygen atoms in total. The lowest BCUT2D eigenvalue weighted by Crippen LogP contribution is -2.06. The van der Waals surface area contributed by atoms with Gasteiger partial charge in [-0.2, -0.15) is 0 Å². The highest BCUT2D eigenvalue weighted by Gasteiger charge is 2.24. The Balaban J connectivity index is 1.91. The van der Waals surface area contributed by atoms with Gasteiger partial charge in [0.15, 0.2) is 5.78 Å². The molecule has 2 aromatic carbocycles. The maximum absolute atomic E-state index is 12.2. The summed E-state index contributed by atoms with van der Waals surface area (Å²) in [6, 6.07) is 11.8. The second-order valence-electron chi connectivity index (χ2n) is 6.80. The van der Waals surface area contributed by atoms with E-state index in [-0.39, 0.29) is 11.8 Å². The van der Waals surface area contributed by atoms with Gasteiger partial charge in [-0.3, -0.25) is 9.59 Å². The van der Waals surface area contributed by atoms with Crippen molar-refractivity contribution in [3.8, 4) is 22.6 Å². The fourth-order valence-electron chi connectivity index (χ4n) is 3.33.